The first kappa shape index (κ1) is 30.5. The van der Waals surface area contributed by atoms with Crippen LogP contribution in [0.4, 0.5) is 0 Å². The third-order valence-corrected chi connectivity index (χ3v) is 12.4. The summed E-state index contributed by atoms with van der Waals surface area (Å²) in [5.41, 5.74) is 18.6. The lowest BCUT2D eigenvalue weighted by Crippen LogP contribution is -2.14. The van der Waals surface area contributed by atoms with Gasteiger partial charge in [0.05, 0.1) is 17.1 Å². The summed E-state index contributed by atoms with van der Waals surface area (Å²) in [5.74, 6) is 0. The van der Waals surface area contributed by atoms with Gasteiger partial charge in [-0.15, -0.1) is 0 Å². The molecule has 0 spiro atoms. The minimum Gasteiger partial charge on any atom is -0.337 e. The van der Waals surface area contributed by atoms with Crippen molar-refractivity contribution in [2.75, 3.05) is 0 Å². The Kier molecular flexibility index (Phi) is 6.58. The molecule has 1 unspecified atom stereocenters. The normalized spacial score (nSPS) is 16.9. The third kappa shape index (κ3) is 4.51. The average Bonchev–Trinajstić information content (AvgIpc) is 3.80. The topological polar surface area (TPSA) is 9.86 Å². The van der Waals surface area contributed by atoms with E-state index in [9.17, 15) is 0 Å². The van der Waals surface area contributed by atoms with E-state index in [0.717, 1.165) is 19.3 Å². The molecule has 53 heavy (non-hydrogen) atoms. The van der Waals surface area contributed by atoms with Gasteiger partial charge in [-0.2, -0.15) is 0 Å². The van der Waals surface area contributed by atoms with Gasteiger partial charge in [-0.3, -0.25) is 0 Å². The lowest BCUT2D eigenvalue weighted by Gasteiger charge is -2.23. The summed E-state index contributed by atoms with van der Waals surface area (Å²) in [6, 6.07) is 50.4. The van der Waals surface area contributed by atoms with Crippen LogP contribution in [0.25, 0.3) is 72.3 Å². The van der Waals surface area contributed by atoms with E-state index in [4.69, 9.17) is 0 Å². The van der Waals surface area contributed by atoms with E-state index in [1.165, 1.54) is 94.2 Å². The first-order valence-corrected chi connectivity index (χ1v) is 19.1. The lowest BCUT2D eigenvalue weighted by molar-refractivity contribution is 0.599. The highest BCUT2D eigenvalue weighted by Crippen LogP contribution is 2.51. The molecule has 0 bridgehead atoms. The molecule has 8 aromatic rings. The van der Waals surface area contributed by atoms with E-state index >= 15 is 0 Å². The molecule has 0 saturated carbocycles. The number of nitrogens with zero attached hydrogens (tertiary/aromatic N) is 2. The second-order valence-electron chi connectivity index (χ2n) is 15.6. The van der Waals surface area contributed by atoms with Crippen LogP contribution < -0.4 is 0 Å². The second-order valence-corrected chi connectivity index (χ2v) is 15.6. The highest BCUT2D eigenvalue weighted by molar-refractivity contribution is 6.13. The van der Waals surface area contributed by atoms with E-state index in [1.807, 2.05) is 0 Å². The number of allylic oxidation sites excluding steroid dienone is 5. The number of rotatable bonds is 4. The van der Waals surface area contributed by atoms with Crippen molar-refractivity contribution >= 4 is 44.4 Å². The molecule has 1 atom stereocenters. The van der Waals surface area contributed by atoms with Crippen LogP contribution in [0.1, 0.15) is 60.7 Å². The summed E-state index contributed by atoms with van der Waals surface area (Å²) in [5, 5.41) is 3.98. The molecule has 0 amide bonds. The first-order valence-electron chi connectivity index (χ1n) is 19.1. The molecule has 2 heteroatoms. The molecule has 11 rings (SSSR count). The van der Waals surface area contributed by atoms with Crippen molar-refractivity contribution < 1.29 is 0 Å². The van der Waals surface area contributed by atoms with Crippen molar-refractivity contribution in [1.82, 2.24) is 9.13 Å². The predicted molar refractivity (Wildman–Crippen MR) is 224 cm³/mol. The number of benzene rings is 6. The monoisotopic (exact) mass is 680 g/mol. The van der Waals surface area contributed by atoms with Crippen molar-refractivity contribution in [3.05, 3.63) is 186 Å². The number of hydrogen-bond acceptors (Lipinski definition) is 0. The Morgan fingerprint density at radius 3 is 2.17 bits per heavy atom. The highest BCUT2D eigenvalue weighted by atomic mass is 15.0. The largest absolute Gasteiger partial charge is 0.337 e. The van der Waals surface area contributed by atoms with Crippen molar-refractivity contribution in [3.63, 3.8) is 0 Å². The standard InChI is InChI=1S/C51H40N2/c1-51(2)45-19-11-9-17-39(45)41-31-44-43-30-36(35-23-27-48-42(29-35)40-18-10-12-20-47(40)52(48)37-15-7-4-8-16-37)24-28-49(43)53(50(44)32-46(41)51)38-25-21-34(22-26-38)33-13-5-3-6-14-33/h3-15,17-22,24-26,28-32,37H,16,23,27H2,1-2H3. The predicted octanol–water partition coefficient (Wildman–Crippen LogP) is 13.3. The minimum atomic E-state index is -0.0722. The molecule has 3 aliphatic carbocycles. The molecule has 0 radical (unpaired) electrons. The molecule has 2 aromatic heterocycles. The van der Waals surface area contributed by atoms with E-state index in [-0.39, 0.29) is 5.41 Å². The average molecular weight is 681 g/mol. The number of fused-ring (bicyclic) bond motifs is 9. The molecule has 0 aliphatic heterocycles. The maximum Gasteiger partial charge on any atom is 0.0557 e. The van der Waals surface area contributed by atoms with Gasteiger partial charge in [0.2, 0.25) is 0 Å². The van der Waals surface area contributed by atoms with Crippen molar-refractivity contribution in [2.45, 2.75) is 44.6 Å². The Balaban J connectivity index is 1.11. The van der Waals surface area contributed by atoms with Gasteiger partial charge < -0.3 is 9.13 Å². The summed E-state index contributed by atoms with van der Waals surface area (Å²) in [6.07, 6.45) is 14.6. The van der Waals surface area contributed by atoms with Crippen LogP contribution in [0.2, 0.25) is 0 Å². The van der Waals surface area contributed by atoms with Crippen molar-refractivity contribution in [3.8, 4) is 27.9 Å². The Labute approximate surface area is 310 Å². The summed E-state index contributed by atoms with van der Waals surface area (Å²) in [4.78, 5) is 0. The summed E-state index contributed by atoms with van der Waals surface area (Å²) < 4.78 is 5.10. The van der Waals surface area contributed by atoms with Gasteiger partial charge in [-0.25, -0.2) is 0 Å². The van der Waals surface area contributed by atoms with E-state index < -0.39 is 0 Å². The van der Waals surface area contributed by atoms with Gasteiger partial charge in [0, 0.05) is 44.0 Å². The molecule has 3 aliphatic rings. The molecular weight excluding hydrogens is 641 g/mol. The maximum atomic E-state index is 2.61. The Morgan fingerprint density at radius 2 is 1.32 bits per heavy atom. The van der Waals surface area contributed by atoms with E-state index in [1.54, 1.807) is 0 Å². The quantitative estimate of drug-likeness (QED) is 0.175. The summed E-state index contributed by atoms with van der Waals surface area (Å²) in [6.45, 7) is 4.76. The summed E-state index contributed by atoms with van der Waals surface area (Å²) >= 11 is 0. The maximum absolute atomic E-state index is 2.61. The van der Waals surface area contributed by atoms with Gasteiger partial charge in [-0.05, 0) is 112 Å². The van der Waals surface area contributed by atoms with Gasteiger partial charge in [0.15, 0.2) is 0 Å². The Bertz CT molecular complexity index is 2870. The van der Waals surface area contributed by atoms with Gasteiger partial charge in [0.25, 0.3) is 0 Å². The zero-order valence-corrected chi connectivity index (χ0v) is 30.2. The van der Waals surface area contributed by atoms with Crippen LogP contribution in [0, 0.1) is 0 Å². The number of aromatic nitrogens is 2. The number of hydrogen-bond donors (Lipinski definition) is 0. The van der Waals surface area contributed by atoms with Crippen LogP contribution in [0.5, 0.6) is 0 Å². The molecule has 0 fully saturated rings. The van der Waals surface area contributed by atoms with Gasteiger partial charge >= 0.3 is 0 Å². The van der Waals surface area contributed by atoms with Crippen LogP contribution in [-0.2, 0) is 11.8 Å². The fourth-order valence-corrected chi connectivity index (χ4v) is 9.75. The SMILES string of the molecule is CC1(C)c2ccccc2-c2cc3c4cc(C5=Cc6c(n(C7C=CC=CC7)c7ccccc67)CC5)ccc4n(-c4ccc(-c5ccccc5)cc4)c3cc21. The fourth-order valence-electron chi connectivity index (χ4n) is 9.75. The van der Waals surface area contributed by atoms with Crippen molar-refractivity contribution in [1.29, 1.82) is 0 Å². The smallest absolute Gasteiger partial charge is 0.0557 e. The van der Waals surface area contributed by atoms with Gasteiger partial charge in [0.1, 0.15) is 0 Å². The molecule has 0 N–H and O–H groups in total. The Morgan fingerprint density at radius 1 is 0.566 bits per heavy atom. The van der Waals surface area contributed by atoms with E-state index in [0.29, 0.717) is 6.04 Å². The molecule has 6 aromatic carbocycles. The molecule has 254 valence electrons. The van der Waals surface area contributed by atoms with Gasteiger partial charge in [-0.1, -0.05) is 129 Å². The summed E-state index contributed by atoms with van der Waals surface area (Å²) in [7, 11) is 0. The third-order valence-electron chi connectivity index (χ3n) is 12.4. The minimum absolute atomic E-state index is 0.0722. The fraction of sp³-hybridized carbons (Fsp3) is 0.137. The van der Waals surface area contributed by atoms with Crippen LogP contribution in [0.3, 0.4) is 0 Å². The second kappa shape index (κ2) is 11.4. The first-order chi connectivity index (χ1) is 26.0. The molecule has 2 heterocycles. The molecule has 2 nitrogen and oxygen atoms in total. The number of para-hydroxylation sites is 1. The molecule has 0 saturated heterocycles. The van der Waals surface area contributed by atoms with Crippen LogP contribution >= 0.6 is 0 Å². The van der Waals surface area contributed by atoms with Crippen LogP contribution in [-0.4, -0.2) is 9.13 Å². The zero-order valence-electron chi connectivity index (χ0n) is 30.2. The van der Waals surface area contributed by atoms with Crippen LogP contribution in [0.15, 0.2) is 158 Å². The van der Waals surface area contributed by atoms with Crippen molar-refractivity contribution in [2.24, 2.45) is 0 Å². The zero-order chi connectivity index (χ0) is 35.3. The van der Waals surface area contributed by atoms with E-state index in [2.05, 4.69) is 187 Å². The lowest BCUT2D eigenvalue weighted by atomic mass is 9.82. The Hall–Kier alpha value is -6.12. The molecular formula is C51H40N2. The highest BCUT2D eigenvalue weighted by Gasteiger charge is 2.36.